The maximum atomic E-state index is 14.4. The van der Waals surface area contributed by atoms with Gasteiger partial charge in [0.15, 0.2) is 0 Å². The maximum absolute atomic E-state index is 14.4. The number of carboxylic acids is 1. The Morgan fingerprint density at radius 3 is 2.40 bits per heavy atom. The monoisotopic (exact) mass is 650 g/mol. The lowest BCUT2D eigenvalue weighted by Gasteiger charge is -2.41. The summed E-state index contributed by atoms with van der Waals surface area (Å²) in [6.45, 7) is 4.09. The molecule has 47 heavy (non-hydrogen) atoms. The van der Waals surface area contributed by atoms with Gasteiger partial charge in [-0.15, -0.1) is 0 Å². The SMILES string of the molecule is CCC[C@H](NC(=O)[C@H](Cc1ccccc1)N(N[C@@H](CC1CCCCC1)[C@@H](O)CCCc1ccccn1)C(=O)N1CCNCC1)C(=O)O. The van der Waals surface area contributed by atoms with Gasteiger partial charge >= 0.3 is 12.0 Å². The molecule has 1 aliphatic carbocycles. The van der Waals surface area contributed by atoms with Crippen LogP contribution in [-0.2, 0) is 22.4 Å². The minimum Gasteiger partial charge on any atom is -0.480 e. The molecular weight excluding hydrogens is 596 g/mol. The molecule has 2 heterocycles. The van der Waals surface area contributed by atoms with Crippen LogP contribution in [0, 0.1) is 5.92 Å². The van der Waals surface area contributed by atoms with E-state index in [9.17, 15) is 24.6 Å². The highest BCUT2D eigenvalue weighted by atomic mass is 16.4. The zero-order valence-electron chi connectivity index (χ0n) is 27.9. The van der Waals surface area contributed by atoms with Gasteiger partial charge in [-0.25, -0.2) is 20.0 Å². The molecule has 1 saturated heterocycles. The number of hydrogen-bond donors (Lipinski definition) is 5. The standard InChI is InChI=1S/C36H54N6O5/c1-2-12-30(35(45)46)39-34(44)32(26-28-15-7-4-8-16-28)42(36(47)41-23-21-37-22-24-41)40-31(25-27-13-5-3-6-14-27)33(43)19-11-18-29-17-9-10-20-38-29/h4,7-10,15-17,20,27,30-33,37,40,43H,2-3,5-6,11-14,18-19,21-26H2,1H3,(H,39,44)(H,45,46)/t30-,31-,32-,33-/m0/s1. The number of hydrazine groups is 1. The first-order chi connectivity index (χ1) is 22.9. The van der Waals surface area contributed by atoms with Crippen LogP contribution in [0.15, 0.2) is 54.7 Å². The van der Waals surface area contributed by atoms with Crippen LogP contribution in [0.1, 0.15) is 82.4 Å². The van der Waals surface area contributed by atoms with Crippen molar-refractivity contribution in [1.29, 1.82) is 0 Å². The van der Waals surface area contributed by atoms with Gasteiger partial charge in [0.05, 0.1) is 12.1 Å². The zero-order valence-corrected chi connectivity index (χ0v) is 27.9. The van der Waals surface area contributed by atoms with Gasteiger partial charge in [-0.3, -0.25) is 9.78 Å². The Bertz CT molecular complexity index is 1220. The molecule has 2 aromatic rings. The number of nitrogens with zero attached hydrogens (tertiary/aromatic N) is 3. The van der Waals surface area contributed by atoms with E-state index < -0.39 is 36.1 Å². The van der Waals surface area contributed by atoms with Crippen LogP contribution in [-0.4, -0.2) is 93.4 Å². The third-order valence-electron chi connectivity index (χ3n) is 9.41. The molecule has 258 valence electrons. The molecule has 5 N–H and O–H groups in total. The molecule has 4 atom stereocenters. The van der Waals surface area contributed by atoms with E-state index in [-0.39, 0.29) is 18.9 Å². The van der Waals surface area contributed by atoms with Crippen molar-refractivity contribution in [2.75, 3.05) is 26.2 Å². The van der Waals surface area contributed by atoms with Gasteiger partial charge in [0.25, 0.3) is 0 Å². The van der Waals surface area contributed by atoms with Crippen molar-refractivity contribution < 1.29 is 24.6 Å². The van der Waals surface area contributed by atoms with Crippen molar-refractivity contribution in [3.8, 4) is 0 Å². The van der Waals surface area contributed by atoms with Crippen LogP contribution in [0.2, 0.25) is 0 Å². The van der Waals surface area contributed by atoms with Crippen molar-refractivity contribution in [2.45, 2.75) is 108 Å². The molecule has 3 amide bonds. The lowest BCUT2D eigenvalue weighted by atomic mass is 9.83. The summed E-state index contributed by atoms with van der Waals surface area (Å²) in [5, 5.41) is 29.0. The minimum absolute atomic E-state index is 0.182. The van der Waals surface area contributed by atoms with Crippen molar-refractivity contribution >= 4 is 17.9 Å². The van der Waals surface area contributed by atoms with Crippen molar-refractivity contribution in [3.05, 3.63) is 66.0 Å². The molecule has 0 bridgehead atoms. The number of aliphatic carboxylic acids is 1. The first-order valence-electron chi connectivity index (χ1n) is 17.6. The quantitative estimate of drug-likeness (QED) is 0.162. The first-order valence-corrected chi connectivity index (χ1v) is 17.6. The van der Waals surface area contributed by atoms with E-state index in [0.29, 0.717) is 51.4 Å². The van der Waals surface area contributed by atoms with Gasteiger partial charge in [-0.1, -0.05) is 81.8 Å². The number of pyridine rings is 1. The summed E-state index contributed by atoms with van der Waals surface area (Å²) < 4.78 is 0. The Kier molecular flexibility index (Phi) is 14.9. The van der Waals surface area contributed by atoms with E-state index in [1.54, 1.807) is 11.1 Å². The number of carbonyl (C=O) groups is 3. The highest BCUT2D eigenvalue weighted by Gasteiger charge is 2.38. The van der Waals surface area contributed by atoms with Crippen LogP contribution < -0.4 is 16.1 Å². The van der Waals surface area contributed by atoms with Crippen molar-refractivity contribution in [2.24, 2.45) is 5.92 Å². The molecule has 1 saturated carbocycles. The summed E-state index contributed by atoms with van der Waals surface area (Å²) in [5.41, 5.74) is 5.24. The number of aryl methyl sites for hydroxylation is 1. The highest BCUT2D eigenvalue weighted by Crippen LogP contribution is 2.29. The van der Waals surface area contributed by atoms with Crippen molar-refractivity contribution in [1.82, 2.24) is 31.0 Å². The number of amides is 3. The fourth-order valence-corrected chi connectivity index (χ4v) is 6.74. The van der Waals surface area contributed by atoms with E-state index in [1.807, 2.05) is 55.5 Å². The number of urea groups is 1. The molecule has 2 aliphatic rings. The fourth-order valence-electron chi connectivity index (χ4n) is 6.74. The fraction of sp³-hybridized carbons (Fsp3) is 0.611. The average molecular weight is 651 g/mol. The molecule has 4 rings (SSSR count). The smallest absolute Gasteiger partial charge is 0.335 e. The van der Waals surface area contributed by atoms with Crippen molar-refractivity contribution in [3.63, 3.8) is 0 Å². The number of aliphatic hydroxyl groups is 1. The Hall–Kier alpha value is -3.54. The molecule has 0 spiro atoms. The number of aromatic nitrogens is 1. The lowest BCUT2D eigenvalue weighted by molar-refractivity contribution is -0.143. The number of nitrogens with one attached hydrogen (secondary N) is 3. The van der Waals surface area contributed by atoms with Gasteiger partial charge in [0.1, 0.15) is 12.1 Å². The number of rotatable bonds is 17. The van der Waals surface area contributed by atoms with E-state index in [0.717, 1.165) is 49.8 Å². The van der Waals surface area contributed by atoms with Crippen LogP contribution >= 0.6 is 0 Å². The van der Waals surface area contributed by atoms with Crippen LogP contribution in [0.3, 0.4) is 0 Å². The lowest BCUT2D eigenvalue weighted by Crippen LogP contribution is -2.65. The Balaban J connectivity index is 1.65. The molecule has 0 unspecified atom stereocenters. The predicted molar refractivity (Wildman–Crippen MR) is 181 cm³/mol. The number of aliphatic hydroxyl groups excluding tert-OH is 1. The Labute approximate surface area is 279 Å². The number of carbonyl (C=O) groups excluding carboxylic acids is 2. The largest absolute Gasteiger partial charge is 0.480 e. The maximum Gasteiger partial charge on any atom is 0.335 e. The molecule has 1 aromatic carbocycles. The summed E-state index contributed by atoms with van der Waals surface area (Å²) in [6.07, 6.45) is 10.3. The number of carboxylic acid groups (broad SMARTS) is 1. The summed E-state index contributed by atoms with van der Waals surface area (Å²) >= 11 is 0. The minimum atomic E-state index is -1.11. The van der Waals surface area contributed by atoms with E-state index in [1.165, 1.54) is 11.4 Å². The normalized spacial score (nSPS) is 18.1. The molecule has 2 fully saturated rings. The van der Waals surface area contributed by atoms with Crippen LogP contribution in [0.5, 0.6) is 0 Å². The summed E-state index contributed by atoms with van der Waals surface area (Å²) in [5.74, 6) is -1.25. The molecule has 0 radical (unpaired) electrons. The second-order valence-electron chi connectivity index (χ2n) is 13.0. The van der Waals surface area contributed by atoms with Gasteiger partial charge in [0, 0.05) is 44.5 Å². The van der Waals surface area contributed by atoms with Gasteiger partial charge in [-0.2, -0.15) is 0 Å². The van der Waals surface area contributed by atoms with Gasteiger partial charge in [0.2, 0.25) is 5.91 Å². The average Bonchev–Trinajstić information content (AvgIpc) is 3.10. The predicted octanol–water partition coefficient (Wildman–Crippen LogP) is 3.92. The van der Waals surface area contributed by atoms with Gasteiger partial charge < -0.3 is 25.7 Å². The summed E-state index contributed by atoms with van der Waals surface area (Å²) in [6, 6.07) is 12.3. The second kappa shape index (κ2) is 19.3. The Morgan fingerprint density at radius 2 is 1.74 bits per heavy atom. The molecule has 11 heteroatoms. The van der Waals surface area contributed by atoms with E-state index in [2.05, 4.69) is 21.0 Å². The van der Waals surface area contributed by atoms with E-state index >= 15 is 0 Å². The molecule has 11 nitrogen and oxygen atoms in total. The summed E-state index contributed by atoms with van der Waals surface area (Å²) in [7, 11) is 0. The highest BCUT2D eigenvalue weighted by molar-refractivity contribution is 5.90. The van der Waals surface area contributed by atoms with Crippen LogP contribution in [0.4, 0.5) is 4.79 Å². The number of hydrogen-bond acceptors (Lipinski definition) is 7. The van der Waals surface area contributed by atoms with E-state index in [4.69, 9.17) is 0 Å². The summed E-state index contributed by atoms with van der Waals surface area (Å²) in [4.78, 5) is 46.8. The third kappa shape index (κ3) is 11.6. The second-order valence-corrected chi connectivity index (χ2v) is 13.0. The van der Waals surface area contributed by atoms with Gasteiger partial charge in [-0.05, 0) is 55.7 Å². The molecule has 1 aromatic heterocycles. The molecule has 1 aliphatic heterocycles. The first kappa shape index (κ1) is 36.3. The number of benzene rings is 1. The number of piperazine rings is 1. The molecular formula is C36H54N6O5. The Morgan fingerprint density at radius 1 is 1.02 bits per heavy atom. The zero-order chi connectivity index (χ0) is 33.4. The topological polar surface area (TPSA) is 147 Å². The van der Waals surface area contributed by atoms with Crippen LogP contribution in [0.25, 0.3) is 0 Å². The third-order valence-corrected chi connectivity index (χ3v) is 9.41.